The molecular weight excluding hydrogens is 228 g/mol. The number of hydrogen-bond donors (Lipinski definition) is 0. The van der Waals surface area contributed by atoms with Gasteiger partial charge in [0.2, 0.25) is 0 Å². The average Bonchev–Trinajstić information content (AvgIpc) is 2.35. The molecule has 0 radical (unpaired) electrons. The lowest BCUT2D eigenvalue weighted by atomic mass is 10.2. The second-order valence-corrected chi connectivity index (χ2v) is 3.97. The lowest BCUT2D eigenvalue weighted by Crippen LogP contribution is -1.71. The third-order valence-electron chi connectivity index (χ3n) is 2.07. The van der Waals surface area contributed by atoms with Crippen molar-refractivity contribution in [2.45, 2.75) is 26.2 Å². The predicted octanol–water partition coefficient (Wildman–Crippen LogP) is 4.44. The van der Waals surface area contributed by atoms with Crippen molar-refractivity contribution >= 4 is 11.6 Å². The van der Waals surface area contributed by atoms with E-state index >= 15 is 0 Å². The molecule has 0 unspecified atom stereocenters. The lowest BCUT2D eigenvalue weighted by Gasteiger charge is -1.88. The molecule has 17 heavy (non-hydrogen) atoms. The molecule has 0 saturated carbocycles. The van der Waals surface area contributed by atoms with Gasteiger partial charge in [0, 0.05) is 17.0 Å². The largest absolute Gasteiger partial charge is 0.0985 e. The lowest BCUT2D eigenvalue weighted by molar-refractivity contribution is 0.828. The van der Waals surface area contributed by atoms with E-state index in [-0.39, 0.29) is 0 Å². The van der Waals surface area contributed by atoms with Crippen molar-refractivity contribution in [3.8, 4) is 23.7 Å². The maximum Gasteiger partial charge on any atom is 0.0406 e. The molecule has 0 nitrogen and oxygen atoms in total. The van der Waals surface area contributed by atoms with E-state index in [0.29, 0.717) is 0 Å². The van der Waals surface area contributed by atoms with Gasteiger partial charge >= 0.3 is 0 Å². The third-order valence-corrected chi connectivity index (χ3v) is 2.32. The molecule has 0 aliphatic heterocycles. The summed E-state index contributed by atoms with van der Waals surface area (Å²) < 4.78 is 0. The van der Waals surface area contributed by atoms with E-state index in [1.54, 1.807) is 12.2 Å². The minimum atomic E-state index is 0.730. The summed E-state index contributed by atoms with van der Waals surface area (Å²) in [6, 6.07) is 7.46. The minimum Gasteiger partial charge on any atom is -0.0985 e. The molecular formula is C16H15Cl. The summed E-state index contributed by atoms with van der Waals surface area (Å²) in [6.45, 7) is 2.16. The smallest absolute Gasteiger partial charge is 0.0406 e. The first-order valence-electron chi connectivity index (χ1n) is 5.73. The Bertz CT molecular complexity index is 472. The Labute approximate surface area is 109 Å². The van der Waals surface area contributed by atoms with Gasteiger partial charge in [0.15, 0.2) is 0 Å². The second kappa shape index (κ2) is 8.51. The molecule has 0 heterocycles. The number of rotatable bonds is 2. The van der Waals surface area contributed by atoms with E-state index in [0.717, 1.165) is 23.4 Å². The SMILES string of the molecule is CCCCC#C/C=C\C#Cc1ccc(Cl)cc1. The molecule has 0 N–H and O–H groups in total. The molecule has 0 bridgehead atoms. The maximum atomic E-state index is 5.78. The molecule has 1 aromatic rings. The Hall–Kier alpha value is -1.63. The summed E-state index contributed by atoms with van der Waals surface area (Å²) in [6.07, 6.45) is 6.88. The van der Waals surface area contributed by atoms with Crippen LogP contribution in [-0.2, 0) is 0 Å². The second-order valence-electron chi connectivity index (χ2n) is 3.53. The fourth-order valence-corrected chi connectivity index (χ4v) is 1.26. The molecule has 0 aliphatic rings. The molecule has 0 aliphatic carbocycles. The van der Waals surface area contributed by atoms with Crippen LogP contribution in [0.15, 0.2) is 36.4 Å². The van der Waals surface area contributed by atoms with E-state index in [4.69, 9.17) is 11.6 Å². The summed E-state index contributed by atoms with van der Waals surface area (Å²) in [5, 5.41) is 0.730. The standard InChI is InChI=1S/C16H15Cl/c1-2-3-4-5-6-7-8-9-10-15-11-13-16(17)14-12-15/h7-8,11-14H,2-4H2,1H3/b8-7-. The molecule has 0 amide bonds. The Balaban J connectivity index is 2.42. The van der Waals surface area contributed by atoms with Crippen LogP contribution in [0.3, 0.4) is 0 Å². The number of halogens is 1. The number of allylic oxidation sites excluding steroid dienone is 2. The zero-order valence-corrected chi connectivity index (χ0v) is 10.7. The summed E-state index contributed by atoms with van der Waals surface area (Å²) in [5.74, 6) is 12.0. The molecule has 0 atom stereocenters. The van der Waals surface area contributed by atoms with Crippen LogP contribution in [0.5, 0.6) is 0 Å². The molecule has 0 aromatic heterocycles. The number of hydrogen-bond acceptors (Lipinski definition) is 0. The van der Waals surface area contributed by atoms with Crippen LogP contribution in [0.2, 0.25) is 5.02 Å². The van der Waals surface area contributed by atoms with Crippen molar-refractivity contribution in [1.82, 2.24) is 0 Å². The van der Waals surface area contributed by atoms with Gasteiger partial charge in [-0.05, 0) is 42.8 Å². The van der Waals surface area contributed by atoms with Gasteiger partial charge in [0.25, 0.3) is 0 Å². The van der Waals surface area contributed by atoms with Gasteiger partial charge in [-0.25, -0.2) is 0 Å². The first kappa shape index (κ1) is 13.4. The topological polar surface area (TPSA) is 0 Å². The first-order valence-corrected chi connectivity index (χ1v) is 6.11. The van der Waals surface area contributed by atoms with Gasteiger partial charge in [0.05, 0.1) is 0 Å². The fourth-order valence-electron chi connectivity index (χ4n) is 1.14. The summed E-state index contributed by atoms with van der Waals surface area (Å²) >= 11 is 5.78. The highest BCUT2D eigenvalue weighted by Gasteiger charge is 1.85. The molecule has 86 valence electrons. The van der Waals surface area contributed by atoms with Gasteiger partial charge in [0.1, 0.15) is 0 Å². The van der Waals surface area contributed by atoms with Gasteiger partial charge < -0.3 is 0 Å². The van der Waals surface area contributed by atoms with Crippen LogP contribution >= 0.6 is 11.6 Å². The highest BCUT2D eigenvalue weighted by molar-refractivity contribution is 6.30. The Morgan fingerprint density at radius 3 is 2.53 bits per heavy atom. The monoisotopic (exact) mass is 242 g/mol. The van der Waals surface area contributed by atoms with Crippen molar-refractivity contribution < 1.29 is 0 Å². The molecule has 0 saturated heterocycles. The molecule has 1 rings (SSSR count). The summed E-state index contributed by atoms with van der Waals surface area (Å²) in [5.41, 5.74) is 0.956. The van der Waals surface area contributed by atoms with Crippen molar-refractivity contribution in [2.24, 2.45) is 0 Å². The van der Waals surface area contributed by atoms with E-state index in [2.05, 4.69) is 30.6 Å². The van der Waals surface area contributed by atoms with E-state index in [1.165, 1.54) is 6.42 Å². The minimum absolute atomic E-state index is 0.730. The Morgan fingerprint density at radius 2 is 1.82 bits per heavy atom. The van der Waals surface area contributed by atoms with E-state index in [9.17, 15) is 0 Å². The first-order chi connectivity index (χ1) is 8.33. The quantitative estimate of drug-likeness (QED) is 0.531. The highest BCUT2D eigenvalue weighted by atomic mass is 35.5. The number of unbranched alkanes of at least 4 members (excludes halogenated alkanes) is 2. The van der Waals surface area contributed by atoms with E-state index < -0.39 is 0 Å². The molecule has 1 aromatic carbocycles. The average molecular weight is 243 g/mol. The van der Waals surface area contributed by atoms with Crippen LogP contribution in [0.25, 0.3) is 0 Å². The van der Waals surface area contributed by atoms with Gasteiger partial charge in [-0.1, -0.05) is 48.6 Å². The molecule has 0 spiro atoms. The van der Waals surface area contributed by atoms with Gasteiger partial charge in [-0.3, -0.25) is 0 Å². The van der Waals surface area contributed by atoms with Crippen LogP contribution in [0.4, 0.5) is 0 Å². The fraction of sp³-hybridized carbons (Fsp3) is 0.250. The van der Waals surface area contributed by atoms with Crippen LogP contribution in [0.1, 0.15) is 31.7 Å². The van der Waals surface area contributed by atoms with Crippen molar-refractivity contribution in [3.63, 3.8) is 0 Å². The number of benzene rings is 1. The predicted molar refractivity (Wildman–Crippen MR) is 74.8 cm³/mol. The van der Waals surface area contributed by atoms with E-state index in [1.807, 2.05) is 24.3 Å². The van der Waals surface area contributed by atoms with Crippen molar-refractivity contribution in [1.29, 1.82) is 0 Å². The normalized spacial score (nSPS) is 9.29. The van der Waals surface area contributed by atoms with Crippen molar-refractivity contribution in [3.05, 3.63) is 47.0 Å². The van der Waals surface area contributed by atoms with Crippen LogP contribution in [0, 0.1) is 23.7 Å². The summed E-state index contributed by atoms with van der Waals surface area (Å²) in [4.78, 5) is 0. The third kappa shape index (κ3) is 6.52. The van der Waals surface area contributed by atoms with Crippen molar-refractivity contribution in [2.75, 3.05) is 0 Å². The molecule has 0 fully saturated rings. The van der Waals surface area contributed by atoms with Crippen LogP contribution < -0.4 is 0 Å². The summed E-state index contributed by atoms with van der Waals surface area (Å²) in [7, 11) is 0. The highest BCUT2D eigenvalue weighted by Crippen LogP contribution is 2.08. The Morgan fingerprint density at radius 1 is 1.12 bits per heavy atom. The van der Waals surface area contributed by atoms with Crippen LogP contribution in [-0.4, -0.2) is 0 Å². The zero-order chi connectivity index (χ0) is 12.3. The van der Waals surface area contributed by atoms with Gasteiger partial charge in [-0.15, -0.1) is 0 Å². The Kier molecular flexibility index (Phi) is 6.73. The maximum absolute atomic E-state index is 5.78. The molecule has 1 heteroatoms. The van der Waals surface area contributed by atoms with Gasteiger partial charge in [-0.2, -0.15) is 0 Å². The zero-order valence-electron chi connectivity index (χ0n) is 9.96.